The first kappa shape index (κ1) is 19.8. The molecular weight excluding hydrogens is 374 g/mol. The maximum atomic E-state index is 12.3. The maximum absolute atomic E-state index is 12.3. The number of rotatable bonds is 9. The molecule has 1 heterocycles. The van der Waals surface area contributed by atoms with Gasteiger partial charge in [0.2, 0.25) is 0 Å². The van der Waals surface area contributed by atoms with Crippen molar-refractivity contribution < 1.29 is 19.1 Å². The summed E-state index contributed by atoms with van der Waals surface area (Å²) in [4.78, 5) is 28.7. The van der Waals surface area contributed by atoms with E-state index in [1.807, 2.05) is 17.5 Å². The Balaban J connectivity index is 1.54. The fraction of sp³-hybridized carbons (Fsp3) is 0.227. The van der Waals surface area contributed by atoms with Crippen LogP contribution in [0.25, 0.3) is 0 Å². The lowest BCUT2D eigenvalue weighted by Crippen LogP contribution is -2.14. The topological polar surface area (TPSA) is 65.5 Å². The van der Waals surface area contributed by atoms with Crippen LogP contribution in [0.3, 0.4) is 0 Å². The Morgan fingerprint density at radius 1 is 1.07 bits per heavy atom. The lowest BCUT2D eigenvalue weighted by atomic mass is 10.1. The minimum Gasteiger partial charge on any atom is -0.487 e. The van der Waals surface area contributed by atoms with Crippen LogP contribution in [0.4, 0.5) is 0 Å². The van der Waals surface area contributed by atoms with Crippen molar-refractivity contribution in [2.45, 2.75) is 26.4 Å². The Morgan fingerprint density at radius 2 is 1.89 bits per heavy atom. The van der Waals surface area contributed by atoms with Gasteiger partial charge in [-0.05, 0) is 30.2 Å². The molecule has 0 unspecified atom stereocenters. The third-order valence-electron chi connectivity index (χ3n) is 4.09. The van der Waals surface area contributed by atoms with E-state index in [0.717, 1.165) is 18.5 Å². The van der Waals surface area contributed by atoms with Gasteiger partial charge in [-0.1, -0.05) is 43.7 Å². The average molecular weight is 395 g/mol. The standard InChI is InChI=1S/C22H21NO4S/c1-2-4-16-7-9-17(10-8-16)21(24)13-27-22(25)18-5-3-6-20(11-18)26-12-19-14-28-15-23-19/h3,5-11,14-15H,2,4,12-13H2,1H3. The van der Waals surface area contributed by atoms with Crippen LogP contribution in [0.2, 0.25) is 0 Å². The van der Waals surface area contributed by atoms with Crippen LogP contribution < -0.4 is 4.74 Å². The normalized spacial score (nSPS) is 10.5. The third-order valence-corrected chi connectivity index (χ3v) is 4.72. The smallest absolute Gasteiger partial charge is 0.338 e. The number of esters is 1. The predicted octanol–water partition coefficient (Wildman–Crippen LogP) is 4.71. The maximum Gasteiger partial charge on any atom is 0.338 e. The largest absolute Gasteiger partial charge is 0.487 e. The SMILES string of the molecule is CCCc1ccc(C(=O)COC(=O)c2cccc(OCc3cscn3)c2)cc1. The van der Waals surface area contributed by atoms with Crippen molar-refractivity contribution in [3.8, 4) is 5.75 Å². The number of ketones is 1. The minimum atomic E-state index is -0.560. The number of Topliss-reactive ketones (excluding diaryl/α,β-unsaturated/α-hetero) is 1. The number of carbonyl (C=O) groups excluding carboxylic acids is 2. The van der Waals surface area contributed by atoms with E-state index in [2.05, 4.69) is 11.9 Å². The van der Waals surface area contributed by atoms with Crippen LogP contribution >= 0.6 is 11.3 Å². The highest BCUT2D eigenvalue weighted by Gasteiger charge is 2.13. The minimum absolute atomic E-state index is 0.229. The molecule has 144 valence electrons. The first-order valence-electron chi connectivity index (χ1n) is 9.05. The van der Waals surface area contributed by atoms with Crippen LogP contribution in [0.15, 0.2) is 59.4 Å². The summed E-state index contributed by atoms with van der Waals surface area (Å²) in [5.41, 5.74) is 4.62. The molecule has 6 heteroatoms. The number of aryl methyl sites for hydroxylation is 1. The van der Waals surface area contributed by atoms with Crippen molar-refractivity contribution in [2.24, 2.45) is 0 Å². The number of ether oxygens (including phenoxy) is 2. The van der Waals surface area contributed by atoms with Gasteiger partial charge in [-0.25, -0.2) is 9.78 Å². The Bertz CT molecular complexity index is 920. The molecule has 3 rings (SSSR count). The van der Waals surface area contributed by atoms with Crippen LogP contribution in [0.5, 0.6) is 5.75 Å². The summed E-state index contributed by atoms with van der Waals surface area (Å²) in [6.45, 7) is 2.14. The molecule has 0 spiro atoms. The summed E-state index contributed by atoms with van der Waals surface area (Å²) in [6.07, 6.45) is 2.03. The van der Waals surface area contributed by atoms with Crippen molar-refractivity contribution in [1.82, 2.24) is 4.98 Å². The van der Waals surface area contributed by atoms with Gasteiger partial charge in [0.15, 0.2) is 12.4 Å². The number of benzene rings is 2. The number of carbonyl (C=O) groups is 2. The summed E-state index contributed by atoms with van der Waals surface area (Å²) in [7, 11) is 0. The Labute approximate surface area is 168 Å². The van der Waals surface area contributed by atoms with Crippen molar-refractivity contribution >= 4 is 23.1 Å². The van der Waals surface area contributed by atoms with Crippen molar-refractivity contribution in [2.75, 3.05) is 6.61 Å². The van der Waals surface area contributed by atoms with E-state index in [-0.39, 0.29) is 12.4 Å². The van der Waals surface area contributed by atoms with E-state index in [9.17, 15) is 9.59 Å². The molecule has 0 bridgehead atoms. The van der Waals surface area contributed by atoms with Crippen LogP contribution in [0, 0.1) is 0 Å². The highest BCUT2D eigenvalue weighted by atomic mass is 32.1. The fourth-order valence-electron chi connectivity index (χ4n) is 2.62. The second-order valence-corrected chi connectivity index (χ2v) is 6.96. The molecule has 0 aliphatic carbocycles. The lowest BCUT2D eigenvalue weighted by molar-refractivity contribution is 0.0474. The Hall–Kier alpha value is -2.99. The van der Waals surface area contributed by atoms with Gasteiger partial charge in [0.05, 0.1) is 16.8 Å². The number of hydrogen-bond acceptors (Lipinski definition) is 6. The van der Waals surface area contributed by atoms with Gasteiger partial charge in [-0.3, -0.25) is 4.79 Å². The zero-order valence-corrected chi connectivity index (χ0v) is 16.4. The number of thiazole rings is 1. The van der Waals surface area contributed by atoms with E-state index >= 15 is 0 Å². The van der Waals surface area contributed by atoms with E-state index in [0.29, 0.717) is 23.5 Å². The van der Waals surface area contributed by atoms with Crippen LogP contribution in [0.1, 0.15) is 45.3 Å². The molecule has 28 heavy (non-hydrogen) atoms. The summed E-state index contributed by atoms with van der Waals surface area (Å²) < 4.78 is 10.8. The molecule has 3 aromatic rings. The van der Waals surface area contributed by atoms with E-state index in [4.69, 9.17) is 9.47 Å². The second kappa shape index (κ2) is 9.80. The zero-order valence-electron chi connectivity index (χ0n) is 15.6. The van der Waals surface area contributed by atoms with E-state index < -0.39 is 5.97 Å². The number of nitrogens with zero attached hydrogens (tertiary/aromatic N) is 1. The summed E-state index contributed by atoms with van der Waals surface area (Å²) in [6, 6.07) is 14.1. The molecule has 0 N–H and O–H groups in total. The molecule has 5 nitrogen and oxygen atoms in total. The molecule has 0 fully saturated rings. The molecule has 2 aromatic carbocycles. The average Bonchev–Trinajstić information content (AvgIpc) is 3.25. The Morgan fingerprint density at radius 3 is 2.61 bits per heavy atom. The van der Waals surface area contributed by atoms with Gasteiger partial charge in [-0.15, -0.1) is 11.3 Å². The summed E-state index contributed by atoms with van der Waals surface area (Å²) in [5, 5.41) is 1.90. The lowest BCUT2D eigenvalue weighted by Gasteiger charge is -2.08. The molecule has 0 amide bonds. The molecule has 0 aliphatic heterocycles. The van der Waals surface area contributed by atoms with E-state index in [1.54, 1.807) is 41.9 Å². The van der Waals surface area contributed by atoms with Crippen molar-refractivity contribution in [3.63, 3.8) is 0 Å². The van der Waals surface area contributed by atoms with Gasteiger partial charge < -0.3 is 9.47 Å². The number of hydrogen-bond donors (Lipinski definition) is 0. The highest BCUT2D eigenvalue weighted by molar-refractivity contribution is 7.07. The van der Waals surface area contributed by atoms with Crippen molar-refractivity contribution in [1.29, 1.82) is 0 Å². The first-order valence-corrected chi connectivity index (χ1v) is 9.99. The summed E-state index contributed by atoms with van der Waals surface area (Å²) >= 11 is 1.50. The molecule has 0 saturated heterocycles. The monoisotopic (exact) mass is 395 g/mol. The van der Waals surface area contributed by atoms with Gasteiger partial charge >= 0.3 is 5.97 Å². The molecule has 0 saturated carbocycles. The first-order chi connectivity index (χ1) is 13.7. The van der Waals surface area contributed by atoms with Crippen molar-refractivity contribution in [3.05, 3.63) is 81.8 Å². The third kappa shape index (κ3) is 5.50. The van der Waals surface area contributed by atoms with E-state index in [1.165, 1.54) is 16.9 Å². The fourth-order valence-corrected chi connectivity index (χ4v) is 3.17. The molecular formula is C22H21NO4S. The molecule has 0 atom stereocenters. The quantitative estimate of drug-likeness (QED) is 0.388. The molecule has 0 radical (unpaired) electrons. The zero-order chi connectivity index (χ0) is 19.8. The highest BCUT2D eigenvalue weighted by Crippen LogP contribution is 2.16. The van der Waals surface area contributed by atoms with Gasteiger partial charge in [0.25, 0.3) is 0 Å². The van der Waals surface area contributed by atoms with Crippen LogP contribution in [-0.4, -0.2) is 23.3 Å². The number of aromatic nitrogens is 1. The molecule has 0 aliphatic rings. The van der Waals surface area contributed by atoms with Gasteiger partial charge in [-0.2, -0.15) is 0 Å². The van der Waals surface area contributed by atoms with Gasteiger partial charge in [0.1, 0.15) is 12.4 Å². The molecule has 1 aromatic heterocycles. The van der Waals surface area contributed by atoms with Gasteiger partial charge in [0, 0.05) is 10.9 Å². The predicted molar refractivity (Wildman–Crippen MR) is 108 cm³/mol. The summed E-state index contributed by atoms with van der Waals surface area (Å²) in [5.74, 6) is -0.248. The Kier molecular flexibility index (Phi) is 6.92. The second-order valence-electron chi connectivity index (χ2n) is 6.24. The van der Waals surface area contributed by atoms with Crippen LogP contribution in [-0.2, 0) is 17.8 Å².